The van der Waals surface area contributed by atoms with E-state index in [1.165, 1.54) is 19.3 Å². The van der Waals surface area contributed by atoms with Crippen LogP contribution in [-0.2, 0) is 11.0 Å². The average Bonchev–Trinajstić information content (AvgIpc) is 2.25. The molecule has 0 amide bonds. The molecule has 0 spiro atoms. The molecule has 0 aromatic rings. The molecule has 1 aliphatic heterocycles. The van der Waals surface area contributed by atoms with Crippen molar-refractivity contribution < 1.29 is 4.21 Å². The lowest BCUT2D eigenvalue weighted by atomic mass is 9.76. The molecule has 1 saturated heterocycles. The molecule has 0 bridgehead atoms. The third kappa shape index (κ3) is 4.16. The van der Waals surface area contributed by atoms with E-state index >= 15 is 0 Å². The van der Waals surface area contributed by atoms with Gasteiger partial charge in [0.15, 0.2) is 0 Å². The summed E-state index contributed by atoms with van der Waals surface area (Å²) in [5.41, 5.74) is 0. The van der Waals surface area contributed by atoms with Gasteiger partial charge in [-0.2, -0.15) is 0 Å². The molecule has 2 aliphatic rings. The van der Waals surface area contributed by atoms with Crippen molar-refractivity contribution in [2.24, 2.45) is 5.92 Å². The summed E-state index contributed by atoms with van der Waals surface area (Å²) in [6.07, 6.45) is 5.99. The van der Waals surface area contributed by atoms with Gasteiger partial charge in [0.25, 0.3) is 0 Å². The van der Waals surface area contributed by atoms with Crippen LogP contribution in [0.5, 0.6) is 0 Å². The van der Waals surface area contributed by atoms with E-state index in [0.29, 0.717) is 18.0 Å². The zero-order valence-electron chi connectivity index (χ0n) is 12.2. The maximum absolute atomic E-state index is 12.4. The topological polar surface area (TPSA) is 41.1 Å². The summed E-state index contributed by atoms with van der Waals surface area (Å²) in [6, 6.07) is 0.754. The molecular formula is C14H27ClN2OS. The van der Waals surface area contributed by atoms with E-state index in [9.17, 15) is 4.21 Å². The van der Waals surface area contributed by atoms with Crippen molar-refractivity contribution in [3.05, 3.63) is 0 Å². The van der Waals surface area contributed by atoms with E-state index in [4.69, 9.17) is 11.6 Å². The smallest absolute Gasteiger partial charge is 0.0973 e. The minimum absolute atomic E-state index is 0.203. The van der Waals surface area contributed by atoms with Crippen LogP contribution in [0.15, 0.2) is 0 Å². The Balaban J connectivity index is 1.98. The molecule has 0 radical (unpaired) electrons. The number of alkyl halides is 1. The number of rotatable bonds is 4. The molecule has 2 rings (SSSR count). The van der Waals surface area contributed by atoms with Crippen molar-refractivity contribution in [2.45, 2.75) is 75.1 Å². The van der Waals surface area contributed by atoms with Crippen LogP contribution in [0.4, 0.5) is 0 Å². The van der Waals surface area contributed by atoms with Crippen LogP contribution in [0.3, 0.4) is 0 Å². The molecule has 5 heteroatoms. The highest BCUT2D eigenvalue weighted by Crippen LogP contribution is 2.33. The fourth-order valence-electron chi connectivity index (χ4n) is 2.76. The molecule has 1 heterocycles. The third-order valence-electron chi connectivity index (χ3n) is 4.28. The van der Waals surface area contributed by atoms with Crippen LogP contribution in [0.2, 0.25) is 0 Å². The Bertz CT molecular complexity index is 320. The molecule has 1 aliphatic carbocycles. The summed E-state index contributed by atoms with van der Waals surface area (Å²) in [4.78, 5) is 0. The lowest BCUT2D eigenvalue weighted by molar-refractivity contribution is 0.192. The third-order valence-corrected chi connectivity index (χ3v) is 6.25. The zero-order valence-corrected chi connectivity index (χ0v) is 13.8. The number of hydrogen-bond donors (Lipinski definition) is 2. The highest BCUT2D eigenvalue weighted by molar-refractivity contribution is 7.84. The highest BCUT2D eigenvalue weighted by atomic mass is 35.5. The fourth-order valence-corrected chi connectivity index (χ4v) is 3.93. The quantitative estimate of drug-likeness (QED) is 0.784. The summed E-state index contributed by atoms with van der Waals surface area (Å²) in [7, 11) is -0.989. The van der Waals surface area contributed by atoms with E-state index in [1.807, 2.05) is 20.8 Å². The monoisotopic (exact) mass is 306 g/mol. The Morgan fingerprint density at radius 3 is 2.37 bits per heavy atom. The van der Waals surface area contributed by atoms with Crippen LogP contribution in [0.25, 0.3) is 0 Å². The van der Waals surface area contributed by atoms with Crippen LogP contribution in [-0.4, -0.2) is 33.0 Å². The lowest BCUT2D eigenvalue weighted by Crippen LogP contribution is -2.58. The van der Waals surface area contributed by atoms with E-state index in [1.54, 1.807) is 0 Å². The minimum atomic E-state index is -0.989. The number of nitrogens with one attached hydrogen (secondary N) is 2. The van der Waals surface area contributed by atoms with Crippen molar-refractivity contribution in [1.29, 1.82) is 0 Å². The van der Waals surface area contributed by atoms with Crippen molar-refractivity contribution in [3.63, 3.8) is 0 Å². The van der Waals surface area contributed by atoms with Gasteiger partial charge in [-0.05, 0) is 52.4 Å². The maximum Gasteiger partial charge on any atom is 0.0973 e. The van der Waals surface area contributed by atoms with Gasteiger partial charge in [0.2, 0.25) is 0 Å². The molecule has 2 fully saturated rings. The van der Waals surface area contributed by atoms with Gasteiger partial charge in [-0.15, -0.1) is 11.6 Å². The second-order valence-electron chi connectivity index (χ2n) is 6.91. The van der Waals surface area contributed by atoms with Crippen molar-refractivity contribution >= 4 is 22.6 Å². The predicted molar refractivity (Wildman–Crippen MR) is 82.8 cm³/mol. The summed E-state index contributed by atoms with van der Waals surface area (Å²) in [6.45, 7) is 6.95. The summed E-state index contributed by atoms with van der Waals surface area (Å²) >= 11 is 6.15. The summed E-state index contributed by atoms with van der Waals surface area (Å²) in [5, 5.41) is 3.80. The molecule has 4 atom stereocenters. The number of halogens is 1. The highest BCUT2D eigenvalue weighted by Gasteiger charge is 2.37. The Kier molecular flexibility index (Phi) is 5.32. The van der Waals surface area contributed by atoms with E-state index in [-0.39, 0.29) is 10.1 Å². The number of hydrogen-bond acceptors (Lipinski definition) is 2. The maximum atomic E-state index is 12.4. The summed E-state index contributed by atoms with van der Waals surface area (Å²) in [5.74, 6) is 0.677. The van der Waals surface area contributed by atoms with Gasteiger partial charge < -0.3 is 5.32 Å². The first kappa shape index (κ1) is 15.7. The predicted octanol–water partition coefficient (Wildman–Crippen LogP) is 2.57. The van der Waals surface area contributed by atoms with Gasteiger partial charge in [0.1, 0.15) is 0 Å². The second kappa shape index (κ2) is 6.42. The fraction of sp³-hybridized carbons (Fsp3) is 1.00. The van der Waals surface area contributed by atoms with Crippen LogP contribution >= 0.6 is 11.6 Å². The normalized spacial score (nSPS) is 32.6. The van der Waals surface area contributed by atoms with Crippen LogP contribution in [0.1, 0.15) is 52.9 Å². The van der Waals surface area contributed by atoms with Gasteiger partial charge in [-0.1, -0.05) is 6.42 Å². The molecule has 2 N–H and O–H groups in total. The molecule has 19 heavy (non-hydrogen) atoms. The first-order valence-electron chi connectivity index (χ1n) is 7.43. The van der Waals surface area contributed by atoms with Crippen LogP contribution < -0.4 is 10.0 Å². The zero-order chi connectivity index (χ0) is 14.0. The molecule has 0 aromatic carbocycles. The largest absolute Gasteiger partial charge is 0.311 e. The van der Waals surface area contributed by atoms with Gasteiger partial charge in [0.05, 0.1) is 15.7 Å². The van der Waals surface area contributed by atoms with Crippen molar-refractivity contribution in [1.82, 2.24) is 10.0 Å². The lowest BCUT2D eigenvalue weighted by Gasteiger charge is -2.42. The standard InChI is InChI=1S/C14H27ClN2OS/c1-14(2,3)19(18)17-13(10-5-4-6-10)12-8-7-11(15)9-16-12/h10-13,16-17H,4-9H2,1-3H3. The average molecular weight is 307 g/mol. The minimum Gasteiger partial charge on any atom is -0.311 e. The molecule has 112 valence electrons. The molecule has 4 unspecified atom stereocenters. The SMILES string of the molecule is CC(C)(C)S(=O)NC(C1CCC1)C1CCC(Cl)CN1. The Labute approximate surface area is 124 Å². The summed E-state index contributed by atoms with van der Waals surface area (Å²) < 4.78 is 15.6. The molecule has 0 aromatic heterocycles. The van der Waals surface area contributed by atoms with Crippen molar-refractivity contribution in [2.75, 3.05) is 6.54 Å². The second-order valence-corrected chi connectivity index (χ2v) is 9.52. The molecular weight excluding hydrogens is 280 g/mol. The Hall–Kier alpha value is 0.360. The van der Waals surface area contributed by atoms with E-state index in [0.717, 1.165) is 19.4 Å². The van der Waals surface area contributed by atoms with E-state index in [2.05, 4.69) is 10.0 Å². The van der Waals surface area contributed by atoms with Gasteiger partial charge >= 0.3 is 0 Å². The van der Waals surface area contributed by atoms with Gasteiger partial charge in [-0.3, -0.25) is 0 Å². The van der Waals surface area contributed by atoms with Gasteiger partial charge in [0, 0.05) is 24.0 Å². The Morgan fingerprint density at radius 2 is 1.95 bits per heavy atom. The molecule has 3 nitrogen and oxygen atoms in total. The van der Waals surface area contributed by atoms with Crippen LogP contribution in [0, 0.1) is 5.92 Å². The van der Waals surface area contributed by atoms with E-state index < -0.39 is 11.0 Å². The van der Waals surface area contributed by atoms with Crippen molar-refractivity contribution in [3.8, 4) is 0 Å². The first-order valence-corrected chi connectivity index (χ1v) is 9.02. The first-order chi connectivity index (χ1) is 8.88. The molecule has 1 saturated carbocycles. The number of piperidine rings is 1. The van der Waals surface area contributed by atoms with Gasteiger partial charge in [-0.25, -0.2) is 8.93 Å². The Morgan fingerprint density at radius 1 is 1.26 bits per heavy atom.